The van der Waals surface area contributed by atoms with Gasteiger partial charge >= 0.3 is 6.61 Å². The molecular weight excluding hydrogens is 296 g/mol. The number of halogens is 2. The van der Waals surface area contributed by atoms with E-state index in [9.17, 15) is 13.6 Å². The molecule has 1 aromatic heterocycles. The Hall–Kier alpha value is -1.95. The predicted octanol–water partition coefficient (Wildman–Crippen LogP) is 4.15. The Morgan fingerprint density at radius 2 is 2.10 bits per heavy atom. The number of aryl methyl sites for hydroxylation is 1. The number of ether oxygens (including phenoxy) is 1. The lowest BCUT2D eigenvalue weighted by Gasteiger charge is -2.15. The minimum Gasteiger partial charge on any atom is -0.435 e. The molecule has 3 nitrogen and oxygen atoms in total. The van der Waals surface area contributed by atoms with Crippen molar-refractivity contribution in [2.24, 2.45) is 0 Å². The lowest BCUT2D eigenvalue weighted by atomic mass is 10.1. The zero-order valence-corrected chi connectivity index (χ0v) is 12.4. The number of rotatable bonds is 5. The van der Waals surface area contributed by atoms with Crippen molar-refractivity contribution in [1.29, 1.82) is 0 Å². The molecule has 1 heterocycles. The maximum atomic E-state index is 12.2. The number of amides is 1. The summed E-state index contributed by atoms with van der Waals surface area (Å²) in [4.78, 5) is 12.8. The second-order valence-electron chi connectivity index (χ2n) is 4.58. The Morgan fingerprint density at radius 3 is 2.71 bits per heavy atom. The van der Waals surface area contributed by atoms with Crippen LogP contribution in [0.4, 0.5) is 8.78 Å². The molecule has 1 amide bonds. The predicted molar refractivity (Wildman–Crippen MR) is 78.0 cm³/mol. The Balaban J connectivity index is 2.08. The van der Waals surface area contributed by atoms with Crippen LogP contribution in [0.2, 0.25) is 0 Å². The van der Waals surface area contributed by atoms with Crippen LogP contribution in [0, 0.1) is 6.92 Å². The Labute approximate surface area is 125 Å². The molecule has 1 aromatic carbocycles. The van der Waals surface area contributed by atoms with Crippen LogP contribution in [0.3, 0.4) is 0 Å². The molecule has 0 bridgehead atoms. The van der Waals surface area contributed by atoms with Crippen LogP contribution in [0.15, 0.2) is 35.7 Å². The van der Waals surface area contributed by atoms with Crippen molar-refractivity contribution in [2.45, 2.75) is 26.5 Å². The first-order valence-corrected chi connectivity index (χ1v) is 7.25. The van der Waals surface area contributed by atoms with E-state index in [-0.39, 0.29) is 17.7 Å². The Bertz CT molecular complexity index is 628. The van der Waals surface area contributed by atoms with Gasteiger partial charge in [0.1, 0.15) is 5.75 Å². The molecule has 2 rings (SSSR count). The van der Waals surface area contributed by atoms with E-state index in [4.69, 9.17) is 0 Å². The molecule has 0 saturated carbocycles. The standard InChI is InChI=1S/C15H15F2NO2S/c1-9-6-7-21-13(9)14(19)18-10(2)11-4-3-5-12(8-11)20-15(16)17/h3-8,10,15H,1-2H3,(H,18,19). The fourth-order valence-corrected chi connectivity index (χ4v) is 2.74. The fourth-order valence-electron chi connectivity index (χ4n) is 1.91. The van der Waals surface area contributed by atoms with Gasteiger partial charge in [0.2, 0.25) is 0 Å². The molecule has 0 aliphatic carbocycles. The highest BCUT2D eigenvalue weighted by molar-refractivity contribution is 7.12. The number of carbonyl (C=O) groups is 1. The molecule has 0 radical (unpaired) electrons. The van der Waals surface area contributed by atoms with Gasteiger partial charge in [-0.15, -0.1) is 11.3 Å². The van der Waals surface area contributed by atoms with Crippen molar-refractivity contribution in [3.63, 3.8) is 0 Å². The van der Waals surface area contributed by atoms with Crippen molar-refractivity contribution < 1.29 is 18.3 Å². The molecule has 1 N–H and O–H groups in total. The minimum atomic E-state index is -2.86. The Kier molecular flexibility index (Phi) is 4.90. The second kappa shape index (κ2) is 6.67. The van der Waals surface area contributed by atoms with E-state index in [1.54, 1.807) is 19.1 Å². The number of hydrogen-bond donors (Lipinski definition) is 1. The summed E-state index contributed by atoms with van der Waals surface area (Å²) in [6.07, 6.45) is 0. The summed E-state index contributed by atoms with van der Waals surface area (Å²) < 4.78 is 28.8. The lowest BCUT2D eigenvalue weighted by molar-refractivity contribution is -0.0499. The molecule has 6 heteroatoms. The average Bonchev–Trinajstić information content (AvgIpc) is 2.84. The summed E-state index contributed by atoms with van der Waals surface area (Å²) in [5, 5.41) is 4.70. The van der Waals surface area contributed by atoms with Crippen molar-refractivity contribution >= 4 is 17.2 Å². The van der Waals surface area contributed by atoms with Crippen LogP contribution in [0.5, 0.6) is 5.75 Å². The maximum absolute atomic E-state index is 12.2. The number of alkyl halides is 2. The first kappa shape index (κ1) is 15.4. The van der Waals surface area contributed by atoms with Crippen molar-refractivity contribution in [3.05, 3.63) is 51.7 Å². The van der Waals surface area contributed by atoms with Gasteiger partial charge in [-0.3, -0.25) is 4.79 Å². The van der Waals surface area contributed by atoms with Gasteiger partial charge < -0.3 is 10.1 Å². The smallest absolute Gasteiger partial charge is 0.387 e. The summed E-state index contributed by atoms with van der Waals surface area (Å²) in [6, 6.07) is 7.89. The molecule has 1 atom stereocenters. The zero-order valence-electron chi connectivity index (χ0n) is 11.6. The first-order chi connectivity index (χ1) is 9.97. The van der Waals surface area contributed by atoms with Crippen LogP contribution in [0.25, 0.3) is 0 Å². The molecule has 0 fully saturated rings. The molecule has 21 heavy (non-hydrogen) atoms. The lowest BCUT2D eigenvalue weighted by Crippen LogP contribution is -2.26. The largest absolute Gasteiger partial charge is 0.435 e. The monoisotopic (exact) mass is 311 g/mol. The average molecular weight is 311 g/mol. The number of hydrogen-bond acceptors (Lipinski definition) is 3. The summed E-state index contributed by atoms with van der Waals surface area (Å²) in [5.41, 5.74) is 1.62. The number of nitrogens with one attached hydrogen (secondary N) is 1. The van der Waals surface area contributed by atoms with E-state index in [0.717, 1.165) is 5.56 Å². The molecule has 0 aliphatic rings. The molecule has 0 aliphatic heterocycles. The van der Waals surface area contributed by atoms with E-state index >= 15 is 0 Å². The van der Waals surface area contributed by atoms with Gasteiger partial charge in [0.05, 0.1) is 10.9 Å². The summed E-state index contributed by atoms with van der Waals surface area (Å²) in [6.45, 7) is 0.800. The summed E-state index contributed by atoms with van der Waals surface area (Å²) in [5.74, 6) is -0.0916. The highest BCUT2D eigenvalue weighted by Gasteiger charge is 2.15. The summed E-state index contributed by atoms with van der Waals surface area (Å²) in [7, 11) is 0. The molecular formula is C15H15F2NO2S. The van der Waals surface area contributed by atoms with Gasteiger partial charge in [0.15, 0.2) is 0 Å². The zero-order chi connectivity index (χ0) is 15.4. The van der Waals surface area contributed by atoms with Crippen molar-refractivity contribution in [2.75, 3.05) is 0 Å². The molecule has 0 spiro atoms. The van der Waals surface area contributed by atoms with E-state index in [0.29, 0.717) is 10.4 Å². The third kappa shape index (κ3) is 4.01. The highest BCUT2D eigenvalue weighted by Crippen LogP contribution is 2.22. The van der Waals surface area contributed by atoms with Gasteiger partial charge in [-0.1, -0.05) is 12.1 Å². The van der Waals surface area contributed by atoms with E-state index in [1.807, 2.05) is 18.4 Å². The van der Waals surface area contributed by atoms with Crippen LogP contribution in [-0.4, -0.2) is 12.5 Å². The molecule has 0 saturated heterocycles. The molecule has 1 unspecified atom stereocenters. The van der Waals surface area contributed by atoms with Gasteiger partial charge in [0, 0.05) is 0 Å². The van der Waals surface area contributed by atoms with E-state index < -0.39 is 6.61 Å². The third-order valence-electron chi connectivity index (χ3n) is 3.00. The normalized spacial score (nSPS) is 12.2. The minimum absolute atomic E-state index is 0.0795. The van der Waals surface area contributed by atoms with Crippen LogP contribution < -0.4 is 10.1 Å². The van der Waals surface area contributed by atoms with Crippen LogP contribution in [0.1, 0.15) is 33.8 Å². The maximum Gasteiger partial charge on any atom is 0.387 e. The highest BCUT2D eigenvalue weighted by atomic mass is 32.1. The van der Waals surface area contributed by atoms with Gasteiger partial charge in [-0.25, -0.2) is 0 Å². The number of carbonyl (C=O) groups excluding carboxylic acids is 1. The quantitative estimate of drug-likeness (QED) is 0.901. The van der Waals surface area contributed by atoms with Crippen molar-refractivity contribution in [1.82, 2.24) is 5.32 Å². The Morgan fingerprint density at radius 1 is 1.33 bits per heavy atom. The molecule has 2 aromatic rings. The van der Waals surface area contributed by atoms with Crippen molar-refractivity contribution in [3.8, 4) is 5.75 Å². The topological polar surface area (TPSA) is 38.3 Å². The van der Waals surface area contributed by atoms with E-state index in [2.05, 4.69) is 10.1 Å². The fraction of sp³-hybridized carbons (Fsp3) is 0.267. The SMILES string of the molecule is Cc1ccsc1C(=O)NC(C)c1cccc(OC(F)F)c1. The van der Waals surface area contributed by atoms with Crippen LogP contribution in [-0.2, 0) is 0 Å². The first-order valence-electron chi connectivity index (χ1n) is 6.37. The van der Waals surface area contributed by atoms with Gasteiger partial charge in [-0.2, -0.15) is 8.78 Å². The molecule has 112 valence electrons. The second-order valence-corrected chi connectivity index (χ2v) is 5.49. The number of benzene rings is 1. The van der Waals surface area contributed by atoms with Gasteiger partial charge in [-0.05, 0) is 48.6 Å². The summed E-state index contributed by atoms with van der Waals surface area (Å²) >= 11 is 1.37. The third-order valence-corrected chi connectivity index (χ3v) is 4.01. The van der Waals surface area contributed by atoms with E-state index in [1.165, 1.54) is 23.5 Å². The van der Waals surface area contributed by atoms with Crippen LogP contribution >= 0.6 is 11.3 Å². The number of thiophene rings is 1. The van der Waals surface area contributed by atoms with Gasteiger partial charge in [0.25, 0.3) is 5.91 Å².